The number of carbonyl (C=O) groups excluding carboxylic acids is 1. The van der Waals surface area contributed by atoms with Gasteiger partial charge in [0.25, 0.3) is 0 Å². The van der Waals surface area contributed by atoms with Gasteiger partial charge in [-0.1, -0.05) is 6.92 Å². The number of nitrogens with zero attached hydrogens (tertiary/aromatic N) is 1. The largest absolute Gasteiger partial charge is 0.412 e. The summed E-state index contributed by atoms with van der Waals surface area (Å²) in [7, 11) is 3.59. The number of rotatable bonds is 1. The molecule has 0 saturated carbocycles. The molecule has 19 heavy (non-hydrogen) atoms. The van der Waals surface area contributed by atoms with E-state index in [1.165, 1.54) is 5.56 Å². The van der Waals surface area contributed by atoms with Gasteiger partial charge in [0.2, 0.25) is 0 Å². The third-order valence-electron chi connectivity index (χ3n) is 4.17. The Hall–Kier alpha value is -1.75. The highest BCUT2D eigenvalue weighted by molar-refractivity contribution is 5.72. The van der Waals surface area contributed by atoms with E-state index in [0.29, 0.717) is 5.75 Å². The van der Waals surface area contributed by atoms with Crippen LogP contribution >= 0.6 is 0 Å². The number of hydrogen-bond acceptors (Lipinski definition) is 4. The molecule has 1 aromatic carbocycles. The number of likely N-dealkylation sites (N-methyl/N-ethyl adjacent to an activating group) is 1. The number of ether oxygens (including phenoxy) is 2. The van der Waals surface area contributed by atoms with Crippen molar-refractivity contribution in [1.29, 1.82) is 0 Å². The van der Waals surface area contributed by atoms with Gasteiger partial charge in [0, 0.05) is 25.2 Å². The molecule has 2 aliphatic heterocycles. The molecule has 0 spiro atoms. The van der Waals surface area contributed by atoms with E-state index in [-0.39, 0.29) is 11.6 Å². The average molecular weight is 262 g/mol. The Morgan fingerprint density at radius 3 is 3.11 bits per heavy atom. The first-order valence-electron chi connectivity index (χ1n) is 6.45. The van der Waals surface area contributed by atoms with Gasteiger partial charge in [-0.2, -0.15) is 0 Å². The van der Waals surface area contributed by atoms with E-state index in [2.05, 4.69) is 17.1 Å². The van der Waals surface area contributed by atoms with Gasteiger partial charge in [0.15, 0.2) is 0 Å². The fraction of sp³-hybridized carbons (Fsp3) is 0.500. The predicted molar refractivity (Wildman–Crippen MR) is 71.6 cm³/mol. The van der Waals surface area contributed by atoms with Crippen molar-refractivity contribution in [3.63, 3.8) is 0 Å². The van der Waals surface area contributed by atoms with Gasteiger partial charge in [0.1, 0.15) is 12.0 Å². The molecule has 2 aliphatic rings. The lowest BCUT2D eigenvalue weighted by atomic mass is 9.82. The molecule has 3 rings (SSSR count). The van der Waals surface area contributed by atoms with Gasteiger partial charge in [-0.25, -0.2) is 4.79 Å². The van der Waals surface area contributed by atoms with Crippen LogP contribution in [0.5, 0.6) is 5.75 Å². The molecule has 5 heteroatoms. The summed E-state index contributed by atoms with van der Waals surface area (Å²) >= 11 is 0. The highest BCUT2D eigenvalue weighted by atomic mass is 16.6. The Morgan fingerprint density at radius 2 is 2.37 bits per heavy atom. The van der Waals surface area contributed by atoms with Crippen LogP contribution in [-0.4, -0.2) is 33.0 Å². The van der Waals surface area contributed by atoms with E-state index in [4.69, 9.17) is 9.47 Å². The second kappa shape index (κ2) is 4.13. The zero-order chi connectivity index (χ0) is 13.6. The molecule has 0 aliphatic carbocycles. The summed E-state index contributed by atoms with van der Waals surface area (Å²) in [5.41, 5.74) is 2.32. The van der Waals surface area contributed by atoms with Crippen molar-refractivity contribution in [2.45, 2.75) is 25.0 Å². The van der Waals surface area contributed by atoms with E-state index in [1.54, 1.807) is 7.05 Å². The molecule has 1 N–H and O–H groups in total. The minimum absolute atomic E-state index is 0.0217. The van der Waals surface area contributed by atoms with Crippen LogP contribution in [0.4, 0.5) is 10.5 Å². The predicted octanol–water partition coefficient (Wildman–Crippen LogP) is 1.86. The Kier molecular flexibility index (Phi) is 2.67. The van der Waals surface area contributed by atoms with Gasteiger partial charge < -0.3 is 19.7 Å². The first-order chi connectivity index (χ1) is 9.06. The molecule has 2 heterocycles. The van der Waals surface area contributed by atoms with Crippen molar-refractivity contribution in [1.82, 2.24) is 5.32 Å². The molecular weight excluding hydrogens is 244 g/mol. The number of hydrogen-bond donors (Lipinski definition) is 1. The van der Waals surface area contributed by atoms with Crippen LogP contribution in [0, 0.1) is 0 Å². The maximum absolute atomic E-state index is 11.3. The fourth-order valence-corrected chi connectivity index (χ4v) is 3.12. The van der Waals surface area contributed by atoms with Gasteiger partial charge in [0.05, 0.1) is 6.61 Å². The van der Waals surface area contributed by atoms with Crippen molar-refractivity contribution in [2.75, 3.05) is 25.6 Å². The maximum atomic E-state index is 11.3. The van der Waals surface area contributed by atoms with Gasteiger partial charge >= 0.3 is 6.09 Å². The second-order valence-corrected chi connectivity index (χ2v) is 5.32. The zero-order valence-electron chi connectivity index (χ0n) is 11.4. The van der Waals surface area contributed by atoms with Crippen molar-refractivity contribution in [2.24, 2.45) is 0 Å². The quantitative estimate of drug-likeness (QED) is 0.839. The van der Waals surface area contributed by atoms with Crippen molar-refractivity contribution < 1.29 is 14.3 Å². The van der Waals surface area contributed by atoms with E-state index in [1.807, 2.05) is 25.2 Å². The average Bonchev–Trinajstić information content (AvgIpc) is 2.88. The molecule has 102 valence electrons. The maximum Gasteiger partial charge on any atom is 0.412 e. The lowest BCUT2D eigenvalue weighted by Crippen LogP contribution is -2.37. The SMILES string of the molecule is CNC(=O)Oc1ccc2c(c1)[C@]1(C)CCOC1N2C. The van der Waals surface area contributed by atoms with Crippen LogP contribution in [0.25, 0.3) is 0 Å². The number of fused-ring (bicyclic) bond motifs is 3. The minimum Gasteiger partial charge on any atom is -0.410 e. The fourth-order valence-electron chi connectivity index (χ4n) is 3.12. The summed E-state index contributed by atoms with van der Waals surface area (Å²) in [5, 5.41) is 2.45. The lowest BCUT2D eigenvalue weighted by Gasteiger charge is -2.26. The van der Waals surface area contributed by atoms with Gasteiger partial charge in [-0.15, -0.1) is 0 Å². The molecule has 2 atom stereocenters. The van der Waals surface area contributed by atoms with Crippen LogP contribution in [-0.2, 0) is 10.2 Å². The third kappa shape index (κ3) is 1.69. The molecular formula is C14H18N2O3. The highest BCUT2D eigenvalue weighted by Crippen LogP contribution is 2.51. The second-order valence-electron chi connectivity index (χ2n) is 5.32. The molecule has 1 aromatic rings. The highest BCUT2D eigenvalue weighted by Gasteiger charge is 2.50. The standard InChI is InChI=1S/C14H18N2O3/c1-14-6-7-18-12(14)16(3)11-5-4-9(8-10(11)14)19-13(17)15-2/h4-5,8,12H,6-7H2,1-3H3,(H,15,17)/t12?,14-/m0/s1. The Morgan fingerprint density at radius 1 is 1.58 bits per heavy atom. The zero-order valence-corrected chi connectivity index (χ0v) is 11.4. The minimum atomic E-state index is -0.448. The van der Waals surface area contributed by atoms with Crippen LogP contribution in [0.2, 0.25) is 0 Å². The third-order valence-corrected chi connectivity index (χ3v) is 4.17. The summed E-state index contributed by atoms with van der Waals surface area (Å²) in [6.45, 7) is 2.97. The van der Waals surface area contributed by atoms with Crippen LogP contribution < -0.4 is 15.0 Å². The van der Waals surface area contributed by atoms with Gasteiger partial charge in [-0.05, 0) is 30.2 Å². The van der Waals surface area contributed by atoms with Gasteiger partial charge in [-0.3, -0.25) is 0 Å². The number of anilines is 1. The molecule has 5 nitrogen and oxygen atoms in total. The summed E-state index contributed by atoms with van der Waals surface area (Å²) < 4.78 is 11.0. The topological polar surface area (TPSA) is 50.8 Å². The number of benzene rings is 1. The molecule has 0 bridgehead atoms. The van der Waals surface area contributed by atoms with Crippen LogP contribution in [0.1, 0.15) is 18.9 Å². The Balaban J connectivity index is 1.99. The summed E-state index contributed by atoms with van der Waals surface area (Å²) in [6, 6.07) is 5.76. The smallest absolute Gasteiger partial charge is 0.410 e. The molecule has 1 saturated heterocycles. The van der Waals surface area contributed by atoms with Crippen molar-refractivity contribution in [3.8, 4) is 5.75 Å². The summed E-state index contributed by atoms with van der Waals surface area (Å²) in [6.07, 6.45) is 0.617. The number of amides is 1. The Bertz CT molecular complexity index is 531. The summed E-state index contributed by atoms with van der Waals surface area (Å²) in [4.78, 5) is 13.4. The Labute approximate surface area is 112 Å². The van der Waals surface area contributed by atoms with E-state index in [0.717, 1.165) is 18.7 Å². The van der Waals surface area contributed by atoms with E-state index in [9.17, 15) is 4.79 Å². The lowest BCUT2D eigenvalue weighted by molar-refractivity contribution is 0.0920. The molecule has 1 fully saturated rings. The van der Waals surface area contributed by atoms with Crippen LogP contribution in [0.3, 0.4) is 0 Å². The van der Waals surface area contributed by atoms with Crippen molar-refractivity contribution in [3.05, 3.63) is 23.8 Å². The first kappa shape index (κ1) is 12.3. The number of nitrogens with one attached hydrogen (secondary N) is 1. The number of carbonyl (C=O) groups is 1. The molecule has 1 amide bonds. The summed E-state index contributed by atoms with van der Waals surface area (Å²) in [5.74, 6) is 0.570. The van der Waals surface area contributed by atoms with Crippen molar-refractivity contribution >= 4 is 11.8 Å². The molecule has 1 unspecified atom stereocenters. The monoisotopic (exact) mass is 262 g/mol. The molecule has 0 aromatic heterocycles. The van der Waals surface area contributed by atoms with E-state index >= 15 is 0 Å². The van der Waals surface area contributed by atoms with Crippen LogP contribution in [0.15, 0.2) is 18.2 Å². The first-order valence-corrected chi connectivity index (χ1v) is 6.45. The normalized spacial score (nSPS) is 27.9. The van der Waals surface area contributed by atoms with E-state index < -0.39 is 6.09 Å². The molecule has 0 radical (unpaired) electrons.